The summed E-state index contributed by atoms with van der Waals surface area (Å²) in [6, 6.07) is 0. The minimum Gasteiger partial charge on any atom is -0.377 e. The normalized spacial score (nSPS) is 25.3. The highest BCUT2D eigenvalue weighted by molar-refractivity contribution is 4.72. The molecule has 1 aliphatic heterocycles. The molecule has 2 aliphatic rings. The van der Waals surface area contributed by atoms with Gasteiger partial charge in [-0.1, -0.05) is 26.2 Å². The van der Waals surface area contributed by atoms with Gasteiger partial charge in [-0.3, -0.25) is 4.90 Å². The Morgan fingerprint density at radius 1 is 1.11 bits per heavy atom. The van der Waals surface area contributed by atoms with E-state index in [9.17, 15) is 0 Å². The van der Waals surface area contributed by atoms with Crippen molar-refractivity contribution in [2.45, 2.75) is 58.0 Å². The molecule has 0 aromatic heterocycles. The van der Waals surface area contributed by atoms with Crippen LogP contribution in [0, 0.1) is 5.92 Å². The topological polar surface area (TPSA) is 24.5 Å². The Morgan fingerprint density at radius 3 is 2.63 bits per heavy atom. The largest absolute Gasteiger partial charge is 0.377 e. The van der Waals surface area contributed by atoms with Crippen molar-refractivity contribution in [1.29, 1.82) is 0 Å². The molecule has 0 aromatic carbocycles. The van der Waals surface area contributed by atoms with Gasteiger partial charge in [-0.25, -0.2) is 0 Å². The fourth-order valence-corrected chi connectivity index (χ4v) is 3.39. The molecule has 19 heavy (non-hydrogen) atoms. The van der Waals surface area contributed by atoms with E-state index in [1.165, 1.54) is 58.0 Å². The van der Waals surface area contributed by atoms with Gasteiger partial charge in [-0.05, 0) is 44.7 Å². The molecule has 1 heterocycles. The number of likely N-dealkylation sites (N-methyl/N-ethyl adjacent to an activating group) is 1. The molecule has 3 nitrogen and oxygen atoms in total. The second-order valence-electron chi connectivity index (χ2n) is 6.24. The number of ether oxygens (including phenoxy) is 1. The molecule has 1 saturated carbocycles. The van der Waals surface area contributed by atoms with Crippen molar-refractivity contribution in [3.8, 4) is 0 Å². The lowest BCUT2D eigenvalue weighted by Gasteiger charge is -2.25. The van der Waals surface area contributed by atoms with Gasteiger partial charge >= 0.3 is 0 Å². The first-order valence-electron chi connectivity index (χ1n) is 8.43. The number of rotatable bonds is 8. The summed E-state index contributed by atoms with van der Waals surface area (Å²) in [4.78, 5) is 2.53. The zero-order valence-corrected chi connectivity index (χ0v) is 12.7. The van der Waals surface area contributed by atoms with Crippen LogP contribution in [0.15, 0.2) is 0 Å². The van der Waals surface area contributed by atoms with Gasteiger partial charge in [0, 0.05) is 26.2 Å². The fourth-order valence-electron chi connectivity index (χ4n) is 3.39. The summed E-state index contributed by atoms with van der Waals surface area (Å²) in [5.41, 5.74) is 0. The zero-order valence-electron chi connectivity index (χ0n) is 12.7. The summed E-state index contributed by atoms with van der Waals surface area (Å²) in [6.45, 7) is 9.04. The third kappa shape index (κ3) is 5.80. The molecule has 112 valence electrons. The molecule has 1 aliphatic carbocycles. The Balaban J connectivity index is 1.52. The van der Waals surface area contributed by atoms with Gasteiger partial charge in [-0.15, -0.1) is 0 Å². The molecular weight excluding hydrogens is 236 g/mol. The fraction of sp³-hybridized carbons (Fsp3) is 1.00. The molecule has 1 unspecified atom stereocenters. The Kier molecular flexibility index (Phi) is 7.18. The third-order valence-electron chi connectivity index (χ3n) is 4.70. The number of hydrogen-bond acceptors (Lipinski definition) is 3. The average Bonchev–Trinajstić information content (AvgIpc) is 2.96. The molecule has 0 spiro atoms. The van der Waals surface area contributed by atoms with E-state index in [-0.39, 0.29) is 0 Å². The quantitative estimate of drug-likeness (QED) is 0.685. The lowest BCUT2D eigenvalue weighted by atomic mass is 9.89. The molecule has 1 saturated heterocycles. The minimum absolute atomic E-state index is 0.498. The molecule has 1 atom stereocenters. The molecule has 0 radical (unpaired) electrons. The van der Waals surface area contributed by atoms with Crippen molar-refractivity contribution < 1.29 is 4.74 Å². The minimum atomic E-state index is 0.498. The number of hydrogen-bond donors (Lipinski definition) is 1. The average molecular weight is 268 g/mol. The van der Waals surface area contributed by atoms with E-state index < -0.39 is 0 Å². The van der Waals surface area contributed by atoms with Crippen LogP contribution in [0.5, 0.6) is 0 Å². The second-order valence-corrected chi connectivity index (χ2v) is 6.24. The molecule has 1 N–H and O–H groups in total. The van der Waals surface area contributed by atoms with Crippen LogP contribution in [0.2, 0.25) is 0 Å². The van der Waals surface area contributed by atoms with Crippen LogP contribution in [0.25, 0.3) is 0 Å². The van der Waals surface area contributed by atoms with Crippen LogP contribution in [0.3, 0.4) is 0 Å². The second kappa shape index (κ2) is 8.93. The predicted octanol–water partition coefficient (Wildman–Crippen LogP) is 2.66. The van der Waals surface area contributed by atoms with Gasteiger partial charge < -0.3 is 10.1 Å². The smallest absolute Gasteiger partial charge is 0.0702 e. The van der Waals surface area contributed by atoms with E-state index in [2.05, 4.69) is 17.1 Å². The van der Waals surface area contributed by atoms with E-state index in [0.29, 0.717) is 6.10 Å². The SMILES string of the molecule is CCN(CCNCC1CCCCC1)CC1CCCO1. The molecule has 0 bridgehead atoms. The molecule has 3 heteroatoms. The maximum Gasteiger partial charge on any atom is 0.0702 e. The van der Waals surface area contributed by atoms with Crippen LogP contribution in [0.1, 0.15) is 51.9 Å². The lowest BCUT2D eigenvalue weighted by molar-refractivity contribution is 0.0750. The van der Waals surface area contributed by atoms with Crippen molar-refractivity contribution in [2.24, 2.45) is 5.92 Å². The van der Waals surface area contributed by atoms with E-state index in [1.807, 2.05) is 0 Å². The van der Waals surface area contributed by atoms with Gasteiger partial charge in [-0.2, -0.15) is 0 Å². The van der Waals surface area contributed by atoms with E-state index in [4.69, 9.17) is 4.74 Å². The van der Waals surface area contributed by atoms with Crippen molar-refractivity contribution in [2.75, 3.05) is 39.3 Å². The standard InChI is InChI=1S/C16H32N2O/c1-2-18(14-16-9-6-12-19-16)11-10-17-13-15-7-4-3-5-8-15/h15-17H,2-14H2,1H3. The summed E-state index contributed by atoms with van der Waals surface area (Å²) < 4.78 is 5.72. The molecule has 2 rings (SSSR count). The highest BCUT2D eigenvalue weighted by Crippen LogP contribution is 2.22. The highest BCUT2D eigenvalue weighted by atomic mass is 16.5. The Bertz CT molecular complexity index is 223. The lowest BCUT2D eigenvalue weighted by Crippen LogP contribution is -2.38. The monoisotopic (exact) mass is 268 g/mol. The maximum absolute atomic E-state index is 5.72. The van der Waals surface area contributed by atoms with E-state index >= 15 is 0 Å². The summed E-state index contributed by atoms with van der Waals surface area (Å²) in [5, 5.41) is 3.66. The van der Waals surface area contributed by atoms with Crippen molar-refractivity contribution in [3.63, 3.8) is 0 Å². The van der Waals surface area contributed by atoms with Crippen LogP contribution < -0.4 is 5.32 Å². The summed E-state index contributed by atoms with van der Waals surface area (Å²) in [6.07, 6.45) is 10.3. The maximum atomic E-state index is 5.72. The third-order valence-corrected chi connectivity index (χ3v) is 4.70. The first-order chi connectivity index (χ1) is 9.38. The van der Waals surface area contributed by atoms with Gasteiger partial charge in [0.15, 0.2) is 0 Å². The highest BCUT2D eigenvalue weighted by Gasteiger charge is 2.18. The molecule has 2 fully saturated rings. The van der Waals surface area contributed by atoms with Crippen LogP contribution in [0.4, 0.5) is 0 Å². The predicted molar refractivity (Wildman–Crippen MR) is 80.5 cm³/mol. The molecule has 0 amide bonds. The first kappa shape index (κ1) is 15.3. The Morgan fingerprint density at radius 2 is 1.95 bits per heavy atom. The van der Waals surface area contributed by atoms with Crippen molar-refractivity contribution in [3.05, 3.63) is 0 Å². The van der Waals surface area contributed by atoms with Crippen LogP contribution in [-0.4, -0.2) is 50.3 Å². The van der Waals surface area contributed by atoms with Crippen LogP contribution in [-0.2, 0) is 4.74 Å². The van der Waals surface area contributed by atoms with Gasteiger partial charge in [0.05, 0.1) is 6.10 Å². The van der Waals surface area contributed by atoms with E-state index in [0.717, 1.165) is 32.2 Å². The van der Waals surface area contributed by atoms with Crippen molar-refractivity contribution >= 4 is 0 Å². The zero-order chi connectivity index (χ0) is 13.3. The van der Waals surface area contributed by atoms with Crippen LogP contribution >= 0.6 is 0 Å². The first-order valence-corrected chi connectivity index (χ1v) is 8.43. The molecule has 0 aromatic rings. The summed E-state index contributed by atoms with van der Waals surface area (Å²) >= 11 is 0. The van der Waals surface area contributed by atoms with Gasteiger partial charge in [0.25, 0.3) is 0 Å². The number of nitrogens with one attached hydrogen (secondary N) is 1. The Hall–Kier alpha value is -0.120. The summed E-state index contributed by atoms with van der Waals surface area (Å²) in [7, 11) is 0. The number of nitrogens with zero attached hydrogens (tertiary/aromatic N) is 1. The van der Waals surface area contributed by atoms with Crippen molar-refractivity contribution in [1.82, 2.24) is 10.2 Å². The van der Waals surface area contributed by atoms with Gasteiger partial charge in [0.2, 0.25) is 0 Å². The molecular formula is C16H32N2O. The van der Waals surface area contributed by atoms with E-state index in [1.54, 1.807) is 0 Å². The van der Waals surface area contributed by atoms with Gasteiger partial charge in [0.1, 0.15) is 0 Å². The Labute approximate surface area is 119 Å². The summed E-state index contributed by atoms with van der Waals surface area (Å²) in [5.74, 6) is 0.946.